The second-order valence-electron chi connectivity index (χ2n) is 4.55. The summed E-state index contributed by atoms with van der Waals surface area (Å²) in [6.07, 6.45) is 2.06. The molecule has 1 aromatic carbocycles. The van der Waals surface area contributed by atoms with Crippen LogP contribution in [0.25, 0.3) is 0 Å². The van der Waals surface area contributed by atoms with Crippen molar-refractivity contribution in [3.63, 3.8) is 0 Å². The van der Waals surface area contributed by atoms with Gasteiger partial charge in [-0.15, -0.1) is 0 Å². The molecule has 1 aliphatic carbocycles. The van der Waals surface area contributed by atoms with Crippen molar-refractivity contribution in [3.8, 4) is 0 Å². The van der Waals surface area contributed by atoms with Crippen LogP contribution in [0.1, 0.15) is 19.3 Å². The largest absolute Gasteiger partial charge is 0.481 e. The highest BCUT2D eigenvalue weighted by Crippen LogP contribution is 2.33. The number of nitrogens with one attached hydrogen (secondary N) is 1. The fraction of sp³-hybridized carbons (Fsp3) is 0.417. The smallest absolute Gasteiger partial charge is 0.308 e. The van der Waals surface area contributed by atoms with Gasteiger partial charge in [0.2, 0.25) is 0 Å². The minimum Gasteiger partial charge on any atom is -0.481 e. The molecular weight excluding hydrogens is 272 g/mol. The minimum atomic E-state index is -0.875. The first-order chi connectivity index (χ1) is 8.99. The van der Waals surface area contributed by atoms with Crippen LogP contribution in [0.4, 0.5) is 11.4 Å². The lowest BCUT2D eigenvalue weighted by Gasteiger charge is -2.18. The number of benzene rings is 1. The lowest BCUT2D eigenvalue weighted by Crippen LogP contribution is -2.29. The molecule has 2 rings (SSSR count). The predicted molar refractivity (Wildman–Crippen MR) is 70.5 cm³/mol. The van der Waals surface area contributed by atoms with Crippen LogP contribution in [0.15, 0.2) is 18.2 Å². The van der Waals surface area contributed by atoms with Crippen molar-refractivity contribution in [1.29, 1.82) is 0 Å². The number of rotatable bonds is 4. The zero-order chi connectivity index (χ0) is 14.0. The molecule has 0 saturated heterocycles. The van der Waals surface area contributed by atoms with E-state index in [9.17, 15) is 14.9 Å². The van der Waals surface area contributed by atoms with Crippen LogP contribution < -0.4 is 5.32 Å². The zero-order valence-corrected chi connectivity index (χ0v) is 10.8. The molecule has 1 saturated carbocycles. The Morgan fingerprint density at radius 1 is 1.47 bits per heavy atom. The second kappa shape index (κ2) is 5.44. The minimum absolute atomic E-state index is 0.0968. The standard InChI is InChI=1S/C12H13ClN2O4/c13-7-4-5-11(15(18)19)10(6-7)14-9-3-1-2-8(9)12(16)17/h4-6,8-9,14H,1-3H2,(H,16,17). The highest BCUT2D eigenvalue weighted by molar-refractivity contribution is 6.31. The maximum atomic E-state index is 11.1. The Labute approximate surface area is 114 Å². The summed E-state index contributed by atoms with van der Waals surface area (Å²) in [7, 11) is 0. The molecule has 1 fully saturated rings. The van der Waals surface area contributed by atoms with Crippen LogP contribution in [0.3, 0.4) is 0 Å². The number of nitro benzene ring substituents is 1. The van der Waals surface area contributed by atoms with Crippen molar-refractivity contribution >= 4 is 28.9 Å². The van der Waals surface area contributed by atoms with Gasteiger partial charge in [0.05, 0.1) is 10.8 Å². The molecule has 7 heteroatoms. The summed E-state index contributed by atoms with van der Waals surface area (Å²) in [5.74, 6) is -1.39. The third-order valence-electron chi connectivity index (χ3n) is 3.33. The number of carboxylic acids is 1. The van der Waals surface area contributed by atoms with Gasteiger partial charge in [-0.05, 0) is 25.0 Å². The normalized spacial score (nSPS) is 22.2. The van der Waals surface area contributed by atoms with Crippen molar-refractivity contribution in [2.45, 2.75) is 25.3 Å². The number of nitro groups is 1. The highest BCUT2D eigenvalue weighted by atomic mass is 35.5. The maximum absolute atomic E-state index is 11.1. The van der Waals surface area contributed by atoms with Crippen LogP contribution in [-0.4, -0.2) is 22.0 Å². The quantitative estimate of drug-likeness (QED) is 0.655. The van der Waals surface area contributed by atoms with Crippen molar-refractivity contribution in [2.24, 2.45) is 5.92 Å². The van der Waals surface area contributed by atoms with Gasteiger partial charge in [-0.2, -0.15) is 0 Å². The van der Waals surface area contributed by atoms with E-state index >= 15 is 0 Å². The van der Waals surface area contributed by atoms with Gasteiger partial charge in [-0.3, -0.25) is 14.9 Å². The average Bonchev–Trinajstić information content (AvgIpc) is 2.76. The molecule has 0 aromatic heterocycles. The van der Waals surface area contributed by atoms with Crippen LogP contribution in [0.5, 0.6) is 0 Å². The van der Waals surface area contributed by atoms with Crippen LogP contribution >= 0.6 is 11.6 Å². The third-order valence-corrected chi connectivity index (χ3v) is 3.56. The summed E-state index contributed by atoms with van der Waals surface area (Å²) in [5, 5.41) is 23.4. The van der Waals surface area contributed by atoms with Crippen molar-refractivity contribution < 1.29 is 14.8 Å². The molecule has 2 unspecified atom stereocenters. The molecule has 102 valence electrons. The first-order valence-electron chi connectivity index (χ1n) is 5.92. The molecule has 2 N–H and O–H groups in total. The molecule has 0 bridgehead atoms. The van der Waals surface area contributed by atoms with Gasteiger partial charge < -0.3 is 10.4 Å². The first kappa shape index (κ1) is 13.6. The number of halogens is 1. The SMILES string of the molecule is O=C(O)C1CCCC1Nc1cc(Cl)ccc1[N+](=O)[O-]. The summed E-state index contributed by atoms with van der Waals surface area (Å²) in [6.45, 7) is 0. The lowest BCUT2D eigenvalue weighted by atomic mass is 10.0. The molecule has 19 heavy (non-hydrogen) atoms. The summed E-state index contributed by atoms with van der Waals surface area (Å²) in [6, 6.07) is 3.91. The van der Waals surface area contributed by atoms with Crippen LogP contribution in [0, 0.1) is 16.0 Å². The monoisotopic (exact) mass is 284 g/mol. The van der Waals surface area contributed by atoms with Crippen LogP contribution in [0.2, 0.25) is 5.02 Å². The fourth-order valence-corrected chi connectivity index (χ4v) is 2.58. The molecular formula is C12H13ClN2O4. The summed E-state index contributed by atoms with van der Waals surface area (Å²) < 4.78 is 0. The van der Waals surface area contributed by atoms with Gasteiger partial charge >= 0.3 is 5.97 Å². The van der Waals surface area contributed by atoms with E-state index in [1.54, 1.807) is 0 Å². The van der Waals surface area contributed by atoms with Crippen LogP contribution in [-0.2, 0) is 4.79 Å². The second-order valence-corrected chi connectivity index (χ2v) is 4.98. The van der Waals surface area contributed by atoms with Crippen molar-refractivity contribution in [3.05, 3.63) is 33.3 Å². The molecule has 1 aliphatic rings. The van der Waals surface area contributed by atoms with E-state index in [1.165, 1.54) is 18.2 Å². The van der Waals surface area contributed by atoms with Crippen molar-refractivity contribution in [2.75, 3.05) is 5.32 Å². The van der Waals surface area contributed by atoms with Gasteiger partial charge in [0, 0.05) is 17.1 Å². The molecule has 0 aliphatic heterocycles. The number of aliphatic carboxylic acids is 1. The van der Waals surface area contributed by atoms with Gasteiger partial charge in [0.1, 0.15) is 5.69 Å². The van der Waals surface area contributed by atoms with E-state index in [0.717, 1.165) is 6.42 Å². The van der Waals surface area contributed by atoms with Crippen molar-refractivity contribution in [1.82, 2.24) is 0 Å². The maximum Gasteiger partial charge on any atom is 0.308 e. The summed E-state index contributed by atoms with van der Waals surface area (Å²) in [4.78, 5) is 21.5. The van der Waals surface area contributed by atoms with Gasteiger partial charge in [0.15, 0.2) is 0 Å². The highest BCUT2D eigenvalue weighted by Gasteiger charge is 2.33. The number of anilines is 1. The third kappa shape index (κ3) is 2.96. The molecule has 0 radical (unpaired) electrons. The average molecular weight is 285 g/mol. The first-order valence-corrected chi connectivity index (χ1v) is 6.30. The molecule has 0 amide bonds. The Morgan fingerprint density at radius 2 is 2.21 bits per heavy atom. The Bertz CT molecular complexity index is 520. The number of hydrogen-bond acceptors (Lipinski definition) is 4. The van der Waals surface area contributed by atoms with E-state index in [0.29, 0.717) is 17.9 Å². The molecule has 1 aromatic rings. The van der Waals surface area contributed by atoms with E-state index in [-0.39, 0.29) is 17.4 Å². The fourth-order valence-electron chi connectivity index (χ4n) is 2.41. The Balaban J connectivity index is 2.25. The van der Waals surface area contributed by atoms with Gasteiger partial charge in [-0.25, -0.2) is 0 Å². The molecule has 0 spiro atoms. The van der Waals surface area contributed by atoms with E-state index in [1.807, 2.05) is 0 Å². The number of hydrogen-bond donors (Lipinski definition) is 2. The Kier molecular flexibility index (Phi) is 3.90. The predicted octanol–water partition coefficient (Wildman–Crippen LogP) is 2.91. The molecule has 2 atom stereocenters. The molecule has 0 heterocycles. The topological polar surface area (TPSA) is 92.5 Å². The van der Waals surface area contributed by atoms with Gasteiger partial charge in [-0.1, -0.05) is 18.0 Å². The number of carbonyl (C=O) groups is 1. The van der Waals surface area contributed by atoms with E-state index in [4.69, 9.17) is 16.7 Å². The number of carboxylic acid groups (broad SMARTS) is 1. The van der Waals surface area contributed by atoms with E-state index in [2.05, 4.69) is 5.32 Å². The Hall–Kier alpha value is -1.82. The van der Waals surface area contributed by atoms with E-state index < -0.39 is 16.8 Å². The van der Waals surface area contributed by atoms with Gasteiger partial charge in [0.25, 0.3) is 5.69 Å². The zero-order valence-electron chi connectivity index (χ0n) is 10.0. The summed E-state index contributed by atoms with van der Waals surface area (Å²) in [5.41, 5.74) is 0.177. The lowest BCUT2D eigenvalue weighted by molar-refractivity contribution is -0.384. The summed E-state index contributed by atoms with van der Waals surface area (Å²) >= 11 is 5.83. The Morgan fingerprint density at radius 3 is 2.84 bits per heavy atom. The molecule has 6 nitrogen and oxygen atoms in total. The number of nitrogens with zero attached hydrogens (tertiary/aromatic N) is 1.